The van der Waals surface area contributed by atoms with E-state index in [1.54, 1.807) is 18.2 Å². The quantitative estimate of drug-likeness (QED) is 0.431. The molecule has 2 N–H and O–H groups in total. The summed E-state index contributed by atoms with van der Waals surface area (Å²) in [6.45, 7) is 5.22. The van der Waals surface area contributed by atoms with Gasteiger partial charge in [-0.15, -0.1) is 0 Å². The Bertz CT molecular complexity index is 826. The SMILES string of the molecule is O=C(CC[C@H]1NC(=O)N(Cc2ccc3c(c2)OCO3)C1=O)NCCCN1CCOCC1. The lowest BCUT2D eigenvalue weighted by Crippen LogP contribution is -2.38. The third kappa shape index (κ3) is 5.45. The molecule has 10 nitrogen and oxygen atoms in total. The Morgan fingerprint density at radius 2 is 1.97 bits per heavy atom. The molecule has 2 saturated heterocycles. The number of carbonyl (C=O) groups excluding carboxylic acids is 3. The van der Waals surface area contributed by atoms with Crippen molar-refractivity contribution in [3.8, 4) is 11.5 Å². The molecule has 10 heteroatoms. The molecule has 2 fully saturated rings. The van der Waals surface area contributed by atoms with Crippen LogP contribution in [0.5, 0.6) is 11.5 Å². The van der Waals surface area contributed by atoms with Crippen LogP contribution in [-0.2, 0) is 20.9 Å². The van der Waals surface area contributed by atoms with Crippen molar-refractivity contribution in [1.29, 1.82) is 0 Å². The number of nitrogens with one attached hydrogen (secondary N) is 2. The Hall–Kier alpha value is -2.85. The van der Waals surface area contributed by atoms with E-state index in [0.717, 1.165) is 44.8 Å². The first kappa shape index (κ1) is 21.4. The second-order valence-corrected chi connectivity index (χ2v) is 7.81. The van der Waals surface area contributed by atoms with Crippen LogP contribution in [0.25, 0.3) is 0 Å². The van der Waals surface area contributed by atoms with Crippen molar-refractivity contribution in [1.82, 2.24) is 20.4 Å². The van der Waals surface area contributed by atoms with Crippen molar-refractivity contribution >= 4 is 17.8 Å². The van der Waals surface area contributed by atoms with Gasteiger partial charge < -0.3 is 24.8 Å². The number of ether oxygens (including phenoxy) is 3. The molecule has 3 aliphatic heterocycles. The first-order valence-electron chi connectivity index (χ1n) is 10.7. The molecule has 3 aliphatic rings. The molecular weight excluding hydrogens is 404 g/mol. The average Bonchev–Trinajstić information content (AvgIpc) is 3.35. The molecular formula is C21H28N4O6. The number of imide groups is 1. The van der Waals surface area contributed by atoms with Gasteiger partial charge in [0.2, 0.25) is 12.7 Å². The summed E-state index contributed by atoms with van der Waals surface area (Å²) in [6.07, 6.45) is 1.33. The van der Waals surface area contributed by atoms with Crippen molar-refractivity contribution in [2.75, 3.05) is 46.2 Å². The maximum atomic E-state index is 12.6. The molecule has 4 amide bonds. The van der Waals surface area contributed by atoms with Crippen molar-refractivity contribution < 1.29 is 28.6 Å². The lowest BCUT2D eigenvalue weighted by molar-refractivity contribution is -0.128. The number of benzene rings is 1. The molecule has 1 aromatic carbocycles. The number of nitrogens with zero attached hydrogens (tertiary/aromatic N) is 2. The van der Waals surface area contributed by atoms with E-state index < -0.39 is 12.1 Å². The zero-order valence-corrected chi connectivity index (χ0v) is 17.4. The minimum atomic E-state index is -0.680. The highest BCUT2D eigenvalue weighted by atomic mass is 16.7. The van der Waals surface area contributed by atoms with E-state index in [2.05, 4.69) is 15.5 Å². The topological polar surface area (TPSA) is 109 Å². The van der Waals surface area contributed by atoms with Crippen LogP contribution >= 0.6 is 0 Å². The van der Waals surface area contributed by atoms with Gasteiger partial charge in [0.15, 0.2) is 11.5 Å². The summed E-state index contributed by atoms with van der Waals surface area (Å²) in [7, 11) is 0. The summed E-state index contributed by atoms with van der Waals surface area (Å²) < 4.78 is 15.9. The van der Waals surface area contributed by atoms with E-state index in [1.807, 2.05) is 0 Å². The van der Waals surface area contributed by atoms with Crippen LogP contribution in [0.4, 0.5) is 4.79 Å². The molecule has 0 aliphatic carbocycles. The van der Waals surface area contributed by atoms with Crippen molar-refractivity contribution in [2.45, 2.75) is 31.8 Å². The number of hydrogen-bond donors (Lipinski definition) is 2. The molecule has 168 valence electrons. The van der Waals surface area contributed by atoms with Crippen LogP contribution in [0.3, 0.4) is 0 Å². The van der Waals surface area contributed by atoms with E-state index >= 15 is 0 Å². The minimum Gasteiger partial charge on any atom is -0.454 e. The van der Waals surface area contributed by atoms with Gasteiger partial charge in [-0.25, -0.2) is 4.79 Å². The summed E-state index contributed by atoms with van der Waals surface area (Å²) in [6, 6.07) is 4.20. The second kappa shape index (κ2) is 9.97. The van der Waals surface area contributed by atoms with E-state index in [1.165, 1.54) is 4.90 Å². The molecule has 0 unspecified atom stereocenters. The average molecular weight is 432 g/mol. The van der Waals surface area contributed by atoms with Gasteiger partial charge in [-0.05, 0) is 37.1 Å². The van der Waals surface area contributed by atoms with Gasteiger partial charge in [0.25, 0.3) is 5.91 Å². The highest BCUT2D eigenvalue weighted by Gasteiger charge is 2.38. The fourth-order valence-corrected chi connectivity index (χ4v) is 3.86. The van der Waals surface area contributed by atoms with Gasteiger partial charge in [-0.3, -0.25) is 19.4 Å². The highest BCUT2D eigenvalue weighted by molar-refractivity contribution is 6.04. The Morgan fingerprint density at radius 3 is 2.81 bits per heavy atom. The predicted molar refractivity (Wildman–Crippen MR) is 110 cm³/mol. The Morgan fingerprint density at radius 1 is 1.16 bits per heavy atom. The Kier molecular flexibility index (Phi) is 6.88. The Labute approximate surface area is 180 Å². The molecule has 0 radical (unpaired) electrons. The highest BCUT2D eigenvalue weighted by Crippen LogP contribution is 2.33. The van der Waals surface area contributed by atoms with Gasteiger partial charge in [0, 0.05) is 26.1 Å². The minimum absolute atomic E-state index is 0.113. The molecule has 4 rings (SSSR count). The van der Waals surface area contributed by atoms with Gasteiger partial charge >= 0.3 is 6.03 Å². The number of fused-ring (bicyclic) bond motifs is 1. The fraction of sp³-hybridized carbons (Fsp3) is 0.571. The van der Waals surface area contributed by atoms with Gasteiger partial charge in [0.05, 0.1) is 19.8 Å². The smallest absolute Gasteiger partial charge is 0.325 e. The van der Waals surface area contributed by atoms with Crippen molar-refractivity contribution in [2.24, 2.45) is 0 Å². The third-order valence-corrected chi connectivity index (χ3v) is 5.62. The lowest BCUT2D eigenvalue weighted by atomic mass is 10.1. The summed E-state index contributed by atoms with van der Waals surface area (Å²) in [5.41, 5.74) is 0.770. The fourth-order valence-electron chi connectivity index (χ4n) is 3.86. The second-order valence-electron chi connectivity index (χ2n) is 7.81. The molecule has 0 saturated carbocycles. The van der Waals surface area contributed by atoms with Crippen LogP contribution < -0.4 is 20.1 Å². The normalized spacial score (nSPS) is 20.8. The van der Waals surface area contributed by atoms with E-state index in [0.29, 0.717) is 18.0 Å². The summed E-state index contributed by atoms with van der Waals surface area (Å²) >= 11 is 0. The predicted octanol–water partition coefficient (Wildman–Crippen LogP) is 0.454. The molecule has 3 heterocycles. The molecule has 0 aromatic heterocycles. The van der Waals surface area contributed by atoms with E-state index in [-0.39, 0.29) is 38.0 Å². The number of morpholine rings is 1. The molecule has 0 spiro atoms. The first-order valence-corrected chi connectivity index (χ1v) is 10.7. The summed E-state index contributed by atoms with van der Waals surface area (Å²) in [5, 5.41) is 5.56. The molecule has 1 aromatic rings. The van der Waals surface area contributed by atoms with Gasteiger partial charge in [-0.1, -0.05) is 6.07 Å². The van der Waals surface area contributed by atoms with Crippen LogP contribution in [0.1, 0.15) is 24.8 Å². The third-order valence-electron chi connectivity index (χ3n) is 5.62. The van der Waals surface area contributed by atoms with Gasteiger partial charge in [-0.2, -0.15) is 0 Å². The first-order chi connectivity index (χ1) is 15.1. The Balaban J connectivity index is 1.17. The maximum Gasteiger partial charge on any atom is 0.325 e. The van der Waals surface area contributed by atoms with Crippen molar-refractivity contribution in [3.63, 3.8) is 0 Å². The summed E-state index contributed by atoms with van der Waals surface area (Å²) in [5.74, 6) is 0.821. The zero-order chi connectivity index (χ0) is 21.6. The molecule has 1 atom stereocenters. The summed E-state index contributed by atoms with van der Waals surface area (Å²) in [4.78, 5) is 40.5. The van der Waals surface area contributed by atoms with Crippen LogP contribution in [0.2, 0.25) is 0 Å². The molecule has 31 heavy (non-hydrogen) atoms. The van der Waals surface area contributed by atoms with Crippen LogP contribution in [0, 0.1) is 0 Å². The van der Waals surface area contributed by atoms with Gasteiger partial charge in [0.1, 0.15) is 6.04 Å². The van der Waals surface area contributed by atoms with Crippen molar-refractivity contribution in [3.05, 3.63) is 23.8 Å². The maximum absolute atomic E-state index is 12.6. The van der Waals surface area contributed by atoms with E-state index in [9.17, 15) is 14.4 Å². The number of hydrogen-bond acceptors (Lipinski definition) is 7. The largest absolute Gasteiger partial charge is 0.454 e. The molecule has 0 bridgehead atoms. The monoisotopic (exact) mass is 432 g/mol. The number of rotatable bonds is 9. The van der Waals surface area contributed by atoms with Crippen LogP contribution in [0.15, 0.2) is 18.2 Å². The zero-order valence-electron chi connectivity index (χ0n) is 17.4. The standard InChI is InChI=1S/C21H28N4O6/c26-19(22-6-1-7-24-8-10-29-11-9-24)5-3-16-20(27)25(21(28)23-16)13-15-2-4-17-18(12-15)31-14-30-17/h2,4,12,16H,1,3,5-11,13-14H2,(H,22,26)(H,23,28)/t16-/m1/s1. The number of carbonyl (C=O) groups is 3. The van der Waals surface area contributed by atoms with E-state index in [4.69, 9.17) is 14.2 Å². The number of amides is 4. The number of urea groups is 1. The van der Waals surface area contributed by atoms with Crippen LogP contribution in [-0.4, -0.2) is 79.9 Å². The lowest BCUT2D eigenvalue weighted by Gasteiger charge is -2.26.